The van der Waals surface area contributed by atoms with E-state index in [1.54, 1.807) is 54.6 Å². The van der Waals surface area contributed by atoms with E-state index in [4.69, 9.17) is 34.8 Å². The van der Waals surface area contributed by atoms with Crippen molar-refractivity contribution in [1.82, 2.24) is 5.32 Å². The summed E-state index contributed by atoms with van der Waals surface area (Å²) in [5.74, 6) is -0.468. The minimum Gasteiger partial charge on any atom is -0.350 e. The van der Waals surface area contributed by atoms with Gasteiger partial charge in [0.05, 0.1) is 10.6 Å². The molecule has 0 radical (unpaired) electrons. The molecule has 0 unspecified atom stereocenters. The number of amides is 1. The first-order valence-corrected chi connectivity index (χ1v) is 11.5. The Morgan fingerprint density at radius 2 is 1.60 bits per heavy atom. The van der Waals surface area contributed by atoms with E-state index in [0.717, 1.165) is 4.31 Å². The summed E-state index contributed by atoms with van der Waals surface area (Å²) in [5, 5.41) is 4.10. The van der Waals surface area contributed by atoms with Crippen LogP contribution in [0, 0.1) is 0 Å². The summed E-state index contributed by atoms with van der Waals surface area (Å²) in [7, 11) is -3.91. The Hall–Kier alpha value is -2.25. The largest absolute Gasteiger partial charge is 0.350 e. The van der Waals surface area contributed by atoms with E-state index in [0.29, 0.717) is 37.4 Å². The van der Waals surface area contributed by atoms with E-state index in [-0.39, 0.29) is 18.0 Å². The smallest absolute Gasteiger partial charge is 0.265 e. The summed E-state index contributed by atoms with van der Waals surface area (Å²) in [5.41, 5.74) is 2.28. The lowest BCUT2D eigenvalue weighted by molar-refractivity contribution is -0.119. The molecule has 1 N–H and O–H groups in total. The van der Waals surface area contributed by atoms with Gasteiger partial charge in [0.15, 0.2) is 0 Å². The molecule has 30 heavy (non-hydrogen) atoms. The van der Waals surface area contributed by atoms with Crippen molar-refractivity contribution in [1.29, 1.82) is 0 Å². The molecule has 3 aromatic rings. The van der Waals surface area contributed by atoms with Crippen molar-refractivity contribution in [3.63, 3.8) is 0 Å². The van der Waals surface area contributed by atoms with Gasteiger partial charge in [-0.2, -0.15) is 0 Å². The fourth-order valence-electron chi connectivity index (χ4n) is 3.32. The SMILES string of the molecule is O=C(CN1c2ccc(Cl)cc2-c2ccccc2S1(=O)=O)NCc1ccc(Cl)cc1Cl. The van der Waals surface area contributed by atoms with Gasteiger partial charge in [-0.15, -0.1) is 0 Å². The van der Waals surface area contributed by atoms with Gasteiger partial charge in [0, 0.05) is 32.7 Å². The number of hydrogen-bond donors (Lipinski definition) is 1. The van der Waals surface area contributed by atoms with E-state index >= 15 is 0 Å². The minimum atomic E-state index is -3.91. The third-order valence-electron chi connectivity index (χ3n) is 4.75. The van der Waals surface area contributed by atoms with E-state index < -0.39 is 15.9 Å². The van der Waals surface area contributed by atoms with Gasteiger partial charge >= 0.3 is 0 Å². The lowest BCUT2D eigenvalue weighted by Gasteiger charge is -2.31. The van der Waals surface area contributed by atoms with Gasteiger partial charge in [0.1, 0.15) is 6.54 Å². The molecule has 1 aliphatic heterocycles. The summed E-state index contributed by atoms with van der Waals surface area (Å²) < 4.78 is 27.6. The summed E-state index contributed by atoms with van der Waals surface area (Å²) in [6, 6.07) is 16.5. The molecular formula is C21H15Cl3N2O3S. The Morgan fingerprint density at radius 3 is 2.37 bits per heavy atom. The van der Waals surface area contributed by atoms with Crippen molar-refractivity contribution in [3.05, 3.63) is 81.3 Å². The van der Waals surface area contributed by atoms with Crippen molar-refractivity contribution in [3.8, 4) is 11.1 Å². The van der Waals surface area contributed by atoms with Crippen LogP contribution in [0.1, 0.15) is 5.56 Å². The molecule has 0 aliphatic carbocycles. The van der Waals surface area contributed by atoms with E-state index in [9.17, 15) is 13.2 Å². The third-order valence-corrected chi connectivity index (χ3v) is 7.39. The minimum absolute atomic E-state index is 0.133. The molecule has 154 valence electrons. The Morgan fingerprint density at radius 1 is 0.900 bits per heavy atom. The molecule has 0 aromatic heterocycles. The lowest BCUT2D eigenvalue weighted by Crippen LogP contribution is -2.42. The number of halogens is 3. The van der Waals surface area contributed by atoms with Crippen LogP contribution in [0.25, 0.3) is 11.1 Å². The van der Waals surface area contributed by atoms with Gasteiger partial charge in [-0.25, -0.2) is 8.42 Å². The molecule has 0 saturated heterocycles. The highest BCUT2D eigenvalue weighted by Crippen LogP contribution is 2.43. The van der Waals surface area contributed by atoms with Crippen molar-refractivity contribution >= 4 is 56.4 Å². The number of benzene rings is 3. The Bertz CT molecular complexity index is 1260. The van der Waals surface area contributed by atoms with Gasteiger partial charge in [-0.05, 0) is 42.0 Å². The van der Waals surface area contributed by atoms with Crippen LogP contribution in [0.15, 0.2) is 65.6 Å². The van der Waals surface area contributed by atoms with Gasteiger partial charge < -0.3 is 5.32 Å². The summed E-state index contributed by atoms with van der Waals surface area (Å²) in [6.45, 7) is -0.233. The maximum atomic E-state index is 13.2. The summed E-state index contributed by atoms with van der Waals surface area (Å²) in [4.78, 5) is 12.8. The topological polar surface area (TPSA) is 66.5 Å². The van der Waals surface area contributed by atoms with Gasteiger partial charge in [0.25, 0.3) is 10.0 Å². The predicted molar refractivity (Wildman–Crippen MR) is 120 cm³/mol. The number of hydrogen-bond acceptors (Lipinski definition) is 3. The second-order valence-electron chi connectivity index (χ2n) is 6.68. The van der Waals surface area contributed by atoms with Crippen molar-refractivity contribution in [2.75, 3.05) is 10.8 Å². The van der Waals surface area contributed by atoms with Gasteiger partial charge in [0.2, 0.25) is 5.91 Å². The van der Waals surface area contributed by atoms with E-state index in [1.165, 1.54) is 6.07 Å². The molecule has 1 amide bonds. The fourth-order valence-corrected chi connectivity index (χ4v) is 5.62. The van der Waals surface area contributed by atoms with Crippen LogP contribution < -0.4 is 9.62 Å². The quantitative estimate of drug-likeness (QED) is 0.561. The second-order valence-corrected chi connectivity index (χ2v) is 9.79. The Labute approximate surface area is 189 Å². The molecule has 3 aromatic carbocycles. The molecule has 0 saturated carbocycles. The van der Waals surface area contributed by atoms with Crippen LogP contribution in [0.2, 0.25) is 15.1 Å². The average molecular weight is 482 g/mol. The Kier molecular flexibility index (Phi) is 5.68. The highest BCUT2D eigenvalue weighted by Gasteiger charge is 2.35. The van der Waals surface area contributed by atoms with Crippen LogP contribution in [0.5, 0.6) is 0 Å². The van der Waals surface area contributed by atoms with Crippen molar-refractivity contribution < 1.29 is 13.2 Å². The lowest BCUT2D eigenvalue weighted by atomic mass is 10.0. The zero-order chi connectivity index (χ0) is 21.5. The number of carbonyl (C=O) groups is 1. The van der Waals surface area contributed by atoms with Crippen LogP contribution in [-0.4, -0.2) is 20.9 Å². The van der Waals surface area contributed by atoms with Crippen LogP contribution >= 0.6 is 34.8 Å². The number of nitrogens with one attached hydrogen (secondary N) is 1. The maximum absolute atomic E-state index is 13.2. The average Bonchev–Trinajstić information content (AvgIpc) is 2.71. The highest BCUT2D eigenvalue weighted by molar-refractivity contribution is 7.93. The number of nitrogens with zero attached hydrogens (tertiary/aromatic N) is 1. The highest BCUT2D eigenvalue weighted by atomic mass is 35.5. The first-order valence-electron chi connectivity index (χ1n) is 8.90. The molecule has 4 rings (SSSR count). The zero-order valence-electron chi connectivity index (χ0n) is 15.4. The number of anilines is 1. The molecule has 0 atom stereocenters. The molecule has 0 fully saturated rings. The van der Waals surface area contributed by atoms with E-state index in [2.05, 4.69) is 5.32 Å². The van der Waals surface area contributed by atoms with Crippen LogP contribution in [0.3, 0.4) is 0 Å². The molecule has 9 heteroatoms. The molecule has 1 heterocycles. The monoisotopic (exact) mass is 480 g/mol. The zero-order valence-corrected chi connectivity index (χ0v) is 18.5. The predicted octanol–water partition coefficient (Wildman–Crippen LogP) is 5.14. The van der Waals surface area contributed by atoms with Crippen LogP contribution in [0.4, 0.5) is 5.69 Å². The van der Waals surface area contributed by atoms with Gasteiger partial charge in [-0.3, -0.25) is 9.10 Å². The number of sulfonamides is 1. The Balaban J connectivity index is 1.63. The van der Waals surface area contributed by atoms with Gasteiger partial charge in [-0.1, -0.05) is 59.1 Å². The molecule has 5 nitrogen and oxygen atoms in total. The summed E-state index contributed by atoms with van der Waals surface area (Å²) in [6.07, 6.45) is 0. The summed E-state index contributed by atoms with van der Waals surface area (Å²) >= 11 is 18.2. The van der Waals surface area contributed by atoms with E-state index in [1.807, 2.05) is 0 Å². The first kappa shape index (κ1) is 21.0. The number of fused-ring (bicyclic) bond motifs is 3. The number of rotatable bonds is 4. The molecular weight excluding hydrogens is 467 g/mol. The normalized spacial score (nSPS) is 14.0. The standard InChI is InChI=1S/C21H15Cl3N2O3S/c22-14-7-8-19-17(9-14)16-3-1-2-4-20(16)30(28,29)26(19)12-21(27)25-11-13-5-6-15(23)10-18(13)24/h1-10H,11-12H2,(H,25,27). The molecule has 1 aliphatic rings. The van der Waals surface area contributed by atoms with Crippen molar-refractivity contribution in [2.24, 2.45) is 0 Å². The molecule has 0 spiro atoms. The third kappa shape index (κ3) is 3.88. The second kappa shape index (κ2) is 8.12. The fraction of sp³-hybridized carbons (Fsp3) is 0.0952. The molecule has 0 bridgehead atoms. The van der Waals surface area contributed by atoms with Crippen LogP contribution in [-0.2, 0) is 21.4 Å². The number of carbonyl (C=O) groups excluding carboxylic acids is 1. The maximum Gasteiger partial charge on any atom is 0.265 e. The first-order chi connectivity index (χ1) is 14.3. The van der Waals surface area contributed by atoms with Crippen molar-refractivity contribution in [2.45, 2.75) is 11.4 Å².